The maximum atomic E-state index is 11.9. The molecule has 0 saturated carbocycles. The second-order valence-corrected chi connectivity index (χ2v) is 5.71. The van der Waals surface area contributed by atoms with Crippen LogP contribution in [0.25, 0.3) is 0 Å². The van der Waals surface area contributed by atoms with Gasteiger partial charge in [0.2, 0.25) is 0 Å². The third-order valence-electron chi connectivity index (χ3n) is 2.99. The summed E-state index contributed by atoms with van der Waals surface area (Å²) in [5, 5.41) is 21.4. The van der Waals surface area contributed by atoms with Crippen LogP contribution >= 0.6 is 22.6 Å². The Hall–Kier alpha value is -0.820. The van der Waals surface area contributed by atoms with E-state index in [-0.39, 0.29) is 18.3 Å². The van der Waals surface area contributed by atoms with Gasteiger partial charge in [0.1, 0.15) is 5.75 Å². The topological polar surface area (TPSA) is 69.6 Å². The minimum absolute atomic E-state index is 0.119. The molecule has 0 fully saturated rings. The largest absolute Gasteiger partial charge is 0.507 e. The number of phenols is 1. The van der Waals surface area contributed by atoms with E-state index < -0.39 is 0 Å². The minimum Gasteiger partial charge on any atom is -0.507 e. The van der Waals surface area contributed by atoms with Gasteiger partial charge in [-0.25, -0.2) is 0 Å². The molecule has 0 radical (unpaired) electrons. The smallest absolute Gasteiger partial charge is 0.251 e. The number of nitrogens with one attached hydrogen (secondary N) is 1. The van der Waals surface area contributed by atoms with Crippen molar-refractivity contribution in [1.29, 1.82) is 0 Å². The first-order valence-corrected chi connectivity index (χ1v) is 7.54. The van der Waals surface area contributed by atoms with Crippen molar-refractivity contribution in [2.75, 3.05) is 13.2 Å². The van der Waals surface area contributed by atoms with Crippen LogP contribution in [-0.4, -0.2) is 29.3 Å². The Morgan fingerprint density at radius 3 is 2.74 bits per heavy atom. The number of aromatic hydroxyl groups is 1. The van der Waals surface area contributed by atoms with Crippen LogP contribution in [0.1, 0.15) is 36.5 Å². The number of hydrogen-bond donors (Lipinski definition) is 3. The summed E-state index contributed by atoms with van der Waals surface area (Å²) in [6.45, 7) is 2.79. The average Bonchev–Trinajstić information content (AvgIpc) is 2.39. The second-order valence-electron chi connectivity index (χ2n) is 4.54. The molecule has 0 spiro atoms. The first-order chi connectivity index (χ1) is 9.08. The maximum Gasteiger partial charge on any atom is 0.251 e. The standard InChI is InChI=1S/C14H20INO3/c1-2-3-10(6-7-17)9-16-14(19)11-4-5-12(15)13(18)8-11/h4-5,8,10,17-18H,2-3,6-7,9H2,1H3,(H,16,19). The van der Waals surface area contributed by atoms with E-state index in [0.29, 0.717) is 24.4 Å². The maximum absolute atomic E-state index is 11.9. The summed E-state index contributed by atoms with van der Waals surface area (Å²) in [6, 6.07) is 4.87. The zero-order valence-electron chi connectivity index (χ0n) is 11.0. The fourth-order valence-electron chi connectivity index (χ4n) is 1.93. The van der Waals surface area contributed by atoms with E-state index in [2.05, 4.69) is 12.2 Å². The van der Waals surface area contributed by atoms with E-state index >= 15 is 0 Å². The number of aliphatic hydroxyl groups excluding tert-OH is 1. The van der Waals surface area contributed by atoms with Crippen LogP contribution in [0.4, 0.5) is 0 Å². The van der Waals surface area contributed by atoms with E-state index in [4.69, 9.17) is 5.11 Å². The lowest BCUT2D eigenvalue weighted by molar-refractivity contribution is 0.0942. The molecule has 0 aliphatic heterocycles. The van der Waals surface area contributed by atoms with E-state index in [1.165, 1.54) is 6.07 Å². The number of amides is 1. The van der Waals surface area contributed by atoms with Gasteiger partial charge >= 0.3 is 0 Å². The molecule has 106 valence electrons. The number of benzene rings is 1. The van der Waals surface area contributed by atoms with Gasteiger partial charge in [-0.3, -0.25) is 4.79 Å². The van der Waals surface area contributed by atoms with Gasteiger partial charge in [0.05, 0.1) is 3.57 Å². The second kappa shape index (κ2) is 8.37. The lowest BCUT2D eigenvalue weighted by Crippen LogP contribution is -2.29. The van der Waals surface area contributed by atoms with E-state index in [1.54, 1.807) is 12.1 Å². The van der Waals surface area contributed by atoms with Crippen molar-refractivity contribution in [3.05, 3.63) is 27.3 Å². The summed E-state index contributed by atoms with van der Waals surface area (Å²) in [4.78, 5) is 11.9. The molecule has 0 saturated heterocycles. The van der Waals surface area contributed by atoms with Gasteiger partial charge in [0.25, 0.3) is 5.91 Å². The summed E-state index contributed by atoms with van der Waals surface area (Å²) >= 11 is 2.01. The molecule has 0 aliphatic carbocycles. The summed E-state index contributed by atoms with van der Waals surface area (Å²) in [5.41, 5.74) is 0.456. The number of carbonyl (C=O) groups excluding carboxylic acids is 1. The molecule has 0 aromatic heterocycles. The molecule has 1 unspecified atom stereocenters. The highest BCUT2D eigenvalue weighted by molar-refractivity contribution is 14.1. The molecule has 1 aromatic rings. The van der Waals surface area contributed by atoms with Crippen LogP contribution in [0.15, 0.2) is 18.2 Å². The number of aliphatic hydroxyl groups is 1. The fraction of sp³-hybridized carbons (Fsp3) is 0.500. The van der Waals surface area contributed by atoms with Gasteiger partial charge in [-0.2, -0.15) is 0 Å². The van der Waals surface area contributed by atoms with E-state index in [9.17, 15) is 9.90 Å². The van der Waals surface area contributed by atoms with Crippen LogP contribution in [0.2, 0.25) is 0 Å². The number of rotatable bonds is 7. The normalized spacial score (nSPS) is 12.2. The van der Waals surface area contributed by atoms with Crippen molar-refractivity contribution in [3.63, 3.8) is 0 Å². The predicted molar refractivity (Wildman–Crippen MR) is 83.3 cm³/mol. The van der Waals surface area contributed by atoms with Crippen molar-refractivity contribution in [1.82, 2.24) is 5.32 Å². The zero-order valence-corrected chi connectivity index (χ0v) is 13.2. The number of carbonyl (C=O) groups is 1. The fourth-order valence-corrected chi connectivity index (χ4v) is 2.27. The SMILES string of the molecule is CCCC(CCO)CNC(=O)c1ccc(I)c(O)c1. The van der Waals surface area contributed by atoms with Crippen molar-refractivity contribution < 1.29 is 15.0 Å². The molecule has 0 bridgehead atoms. The summed E-state index contributed by atoms with van der Waals surface area (Å²) in [5.74, 6) is 0.232. The van der Waals surface area contributed by atoms with Gasteiger partial charge in [-0.15, -0.1) is 0 Å². The highest BCUT2D eigenvalue weighted by Crippen LogP contribution is 2.20. The summed E-state index contributed by atoms with van der Waals surface area (Å²) < 4.78 is 0.721. The van der Waals surface area contributed by atoms with Crippen molar-refractivity contribution in [2.45, 2.75) is 26.2 Å². The molecule has 1 rings (SSSR count). The first-order valence-electron chi connectivity index (χ1n) is 6.46. The van der Waals surface area contributed by atoms with Crippen LogP contribution < -0.4 is 5.32 Å². The summed E-state index contributed by atoms with van der Waals surface area (Å²) in [6.07, 6.45) is 2.72. The van der Waals surface area contributed by atoms with Crippen molar-refractivity contribution in [2.24, 2.45) is 5.92 Å². The highest BCUT2D eigenvalue weighted by atomic mass is 127. The number of phenolic OH excluding ortho intramolecular Hbond substituents is 1. The predicted octanol–water partition coefficient (Wildman–Crippen LogP) is 2.53. The molecule has 1 atom stereocenters. The summed E-state index contributed by atoms with van der Waals surface area (Å²) in [7, 11) is 0. The first kappa shape index (κ1) is 16.2. The van der Waals surface area contributed by atoms with E-state index in [0.717, 1.165) is 16.4 Å². The van der Waals surface area contributed by atoms with Gasteiger partial charge in [-0.05, 0) is 59.5 Å². The van der Waals surface area contributed by atoms with E-state index in [1.807, 2.05) is 22.6 Å². The molecule has 19 heavy (non-hydrogen) atoms. The van der Waals surface area contributed by atoms with Crippen molar-refractivity contribution in [3.8, 4) is 5.75 Å². The van der Waals surface area contributed by atoms with Gasteiger partial charge in [-0.1, -0.05) is 13.3 Å². The lowest BCUT2D eigenvalue weighted by Gasteiger charge is -2.15. The third kappa shape index (κ3) is 5.36. The average molecular weight is 377 g/mol. The van der Waals surface area contributed by atoms with Crippen LogP contribution in [0.3, 0.4) is 0 Å². The molecule has 1 amide bonds. The van der Waals surface area contributed by atoms with Crippen molar-refractivity contribution >= 4 is 28.5 Å². The molecule has 1 aromatic carbocycles. The molecular formula is C14H20INO3. The third-order valence-corrected chi connectivity index (χ3v) is 3.91. The minimum atomic E-state index is -0.189. The molecular weight excluding hydrogens is 357 g/mol. The quantitative estimate of drug-likeness (QED) is 0.640. The van der Waals surface area contributed by atoms with Gasteiger partial charge in [0, 0.05) is 18.7 Å². The zero-order chi connectivity index (χ0) is 14.3. The molecule has 0 heterocycles. The van der Waals surface area contributed by atoms with Crippen LogP contribution in [0.5, 0.6) is 5.75 Å². The number of hydrogen-bond acceptors (Lipinski definition) is 3. The van der Waals surface area contributed by atoms with Gasteiger partial charge in [0.15, 0.2) is 0 Å². The Labute approximate surface area is 127 Å². The van der Waals surface area contributed by atoms with Gasteiger partial charge < -0.3 is 15.5 Å². The Kier molecular flexibility index (Phi) is 7.15. The molecule has 0 aliphatic rings. The molecule has 3 N–H and O–H groups in total. The molecule has 4 nitrogen and oxygen atoms in total. The Bertz CT molecular complexity index is 417. The Balaban J connectivity index is 2.56. The lowest BCUT2D eigenvalue weighted by atomic mass is 10.00. The van der Waals surface area contributed by atoms with Crippen LogP contribution in [0, 0.1) is 9.49 Å². The van der Waals surface area contributed by atoms with Crippen LogP contribution in [-0.2, 0) is 0 Å². The molecule has 5 heteroatoms. The number of halogens is 1. The monoisotopic (exact) mass is 377 g/mol. The Morgan fingerprint density at radius 1 is 1.42 bits per heavy atom. The highest BCUT2D eigenvalue weighted by Gasteiger charge is 2.11. The Morgan fingerprint density at radius 2 is 2.16 bits per heavy atom.